The number of benzene rings is 1. The Morgan fingerprint density at radius 2 is 1.12 bits per heavy atom. The Kier molecular flexibility index (Phi) is 12.3. The maximum atomic E-state index is 10.7. The van der Waals surface area contributed by atoms with Crippen LogP contribution in [0.25, 0.3) is 0 Å². The van der Waals surface area contributed by atoms with Crippen molar-refractivity contribution in [2.45, 2.75) is 13.8 Å². The molecule has 132 valence electrons. The molecule has 0 atom stereocenters. The van der Waals surface area contributed by atoms with Crippen molar-refractivity contribution in [1.82, 2.24) is 0 Å². The van der Waals surface area contributed by atoms with Gasteiger partial charge in [-0.2, -0.15) is 0 Å². The molecular weight excluding hydrogens is 312 g/mol. The van der Waals surface area contributed by atoms with Gasteiger partial charge in [0.2, 0.25) is 0 Å². The van der Waals surface area contributed by atoms with E-state index in [1.807, 2.05) is 0 Å². The van der Waals surface area contributed by atoms with Crippen LogP contribution in [0.4, 0.5) is 9.59 Å². The zero-order chi connectivity index (χ0) is 18.2. The van der Waals surface area contributed by atoms with Gasteiger partial charge in [-0.05, 0) is 13.8 Å². The molecule has 0 amide bonds. The molecule has 0 fully saturated rings. The molecule has 0 aliphatic rings. The molecule has 0 spiro atoms. The van der Waals surface area contributed by atoms with Crippen LogP contribution in [0.5, 0.6) is 0 Å². The van der Waals surface area contributed by atoms with Crippen molar-refractivity contribution in [3.05, 3.63) is 60.7 Å². The SMILES string of the molecule is C=CCOC(=O)OCCOC(=O)OCC=C.Cc1ccc(C)cc1. The lowest BCUT2D eigenvalue weighted by atomic mass is 10.2. The second-order valence-corrected chi connectivity index (χ2v) is 4.55. The predicted molar refractivity (Wildman–Crippen MR) is 90.9 cm³/mol. The van der Waals surface area contributed by atoms with E-state index in [0.717, 1.165) is 0 Å². The summed E-state index contributed by atoms with van der Waals surface area (Å²) in [5.41, 5.74) is 2.66. The maximum absolute atomic E-state index is 10.7. The highest BCUT2D eigenvalue weighted by Gasteiger charge is 2.05. The van der Waals surface area contributed by atoms with Crippen LogP contribution in [-0.4, -0.2) is 38.7 Å². The predicted octanol–water partition coefficient (Wildman–Crippen LogP) is 3.97. The summed E-state index contributed by atoms with van der Waals surface area (Å²) in [6.07, 6.45) is 1.13. The van der Waals surface area contributed by atoms with E-state index in [1.54, 1.807) is 0 Å². The van der Waals surface area contributed by atoms with Gasteiger partial charge in [-0.15, -0.1) is 0 Å². The van der Waals surface area contributed by atoms with Crippen LogP contribution < -0.4 is 0 Å². The Hall–Kier alpha value is -2.76. The van der Waals surface area contributed by atoms with Crippen molar-refractivity contribution < 1.29 is 28.5 Å². The Morgan fingerprint density at radius 1 is 0.792 bits per heavy atom. The third kappa shape index (κ3) is 12.9. The van der Waals surface area contributed by atoms with Gasteiger partial charge in [0, 0.05) is 0 Å². The lowest BCUT2D eigenvalue weighted by molar-refractivity contribution is 0.0246. The largest absolute Gasteiger partial charge is 0.508 e. The van der Waals surface area contributed by atoms with E-state index < -0.39 is 12.3 Å². The molecule has 0 aliphatic heterocycles. The monoisotopic (exact) mass is 336 g/mol. The molecule has 6 heteroatoms. The molecule has 6 nitrogen and oxygen atoms in total. The first-order chi connectivity index (χ1) is 11.5. The molecule has 0 bridgehead atoms. The number of ether oxygens (including phenoxy) is 4. The van der Waals surface area contributed by atoms with Crippen LogP contribution in [0.15, 0.2) is 49.6 Å². The van der Waals surface area contributed by atoms with Gasteiger partial charge in [-0.25, -0.2) is 9.59 Å². The number of carbonyl (C=O) groups is 2. The van der Waals surface area contributed by atoms with Crippen molar-refractivity contribution >= 4 is 12.3 Å². The summed E-state index contributed by atoms with van der Waals surface area (Å²) < 4.78 is 18.1. The second kappa shape index (κ2) is 13.9. The van der Waals surface area contributed by atoms with Crippen molar-refractivity contribution in [3.63, 3.8) is 0 Å². The average Bonchev–Trinajstić information content (AvgIpc) is 2.58. The quantitative estimate of drug-likeness (QED) is 0.426. The smallest absolute Gasteiger partial charge is 0.431 e. The van der Waals surface area contributed by atoms with Crippen LogP contribution in [0.3, 0.4) is 0 Å². The molecule has 0 aromatic heterocycles. The summed E-state index contributed by atoms with van der Waals surface area (Å²) in [6, 6.07) is 8.48. The summed E-state index contributed by atoms with van der Waals surface area (Å²) in [5.74, 6) is 0. The molecule has 0 heterocycles. The topological polar surface area (TPSA) is 71.1 Å². The Labute approximate surface area is 142 Å². The molecule has 0 aliphatic carbocycles. The van der Waals surface area contributed by atoms with E-state index >= 15 is 0 Å². The number of aryl methyl sites for hydroxylation is 2. The third-order valence-corrected chi connectivity index (χ3v) is 2.38. The first kappa shape index (κ1) is 21.2. The molecule has 1 aromatic rings. The van der Waals surface area contributed by atoms with Crippen LogP contribution in [0.2, 0.25) is 0 Å². The Bertz CT molecular complexity index is 460. The van der Waals surface area contributed by atoms with Crippen molar-refractivity contribution in [2.75, 3.05) is 26.4 Å². The summed E-state index contributed by atoms with van der Waals surface area (Å²) >= 11 is 0. The summed E-state index contributed by atoms with van der Waals surface area (Å²) in [6.45, 7) is 10.8. The van der Waals surface area contributed by atoms with Crippen LogP contribution in [-0.2, 0) is 18.9 Å². The van der Waals surface area contributed by atoms with Crippen LogP contribution in [0, 0.1) is 13.8 Å². The number of rotatable bonds is 7. The summed E-state index contributed by atoms with van der Waals surface area (Å²) in [4.78, 5) is 21.5. The maximum Gasteiger partial charge on any atom is 0.508 e. The fraction of sp³-hybridized carbons (Fsp3) is 0.333. The minimum Gasteiger partial charge on any atom is -0.431 e. The van der Waals surface area contributed by atoms with E-state index in [-0.39, 0.29) is 26.4 Å². The van der Waals surface area contributed by atoms with Crippen molar-refractivity contribution in [3.8, 4) is 0 Å². The van der Waals surface area contributed by atoms with Gasteiger partial charge in [0.05, 0.1) is 0 Å². The standard InChI is InChI=1S/C10H14O6.C8H10/c1-3-5-13-9(11)15-7-8-16-10(12)14-6-4-2;1-7-3-5-8(2)6-4-7/h3-4H,1-2,5-8H2;3-6H,1-2H3. The van der Waals surface area contributed by atoms with Crippen LogP contribution in [0.1, 0.15) is 11.1 Å². The molecule has 0 saturated heterocycles. The zero-order valence-electron chi connectivity index (χ0n) is 14.2. The van der Waals surface area contributed by atoms with E-state index in [2.05, 4.69) is 70.2 Å². The highest BCUT2D eigenvalue weighted by Crippen LogP contribution is 1.99. The van der Waals surface area contributed by atoms with Gasteiger partial charge in [-0.1, -0.05) is 60.7 Å². The Balaban J connectivity index is 0.000000546. The van der Waals surface area contributed by atoms with E-state index in [4.69, 9.17) is 0 Å². The normalized spacial score (nSPS) is 8.92. The van der Waals surface area contributed by atoms with Crippen molar-refractivity contribution in [1.29, 1.82) is 0 Å². The van der Waals surface area contributed by atoms with Crippen molar-refractivity contribution in [2.24, 2.45) is 0 Å². The molecule has 0 saturated carbocycles. The van der Waals surface area contributed by atoms with Crippen LogP contribution >= 0.6 is 0 Å². The fourth-order valence-corrected chi connectivity index (χ4v) is 1.22. The van der Waals surface area contributed by atoms with Gasteiger partial charge >= 0.3 is 12.3 Å². The average molecular weight is 336 g/mol. The molecule has 1 rings (SSSR count). The minimum atomic E-state index is -0.844. The lowest BCUT2D eigenvalue weighted by Gasteiger charge is -2.05. The van der Waals surface area contributed by atoms with Gasteiger partial charge in [-0.3, -0.25) is 0 Å². The molecule has 0 unspecified atom stereocenters. The van der Waals surface area contributed by atoms with E-state index in [1.165, 1.54) is 23.3 Å². The van der Waals surface area contributed by atoms with Gasteiger partial charge in [0.15, 0.2) is 0 Å². The zero-order valence-corrected chi connectivity index (χ0v) is 14.2. The fourth-order valence-electron chi connectivity index (χ4n) is 1.22. The first-order valence-corrected chi connectivity index (χ1v) is 7.33. The van der Waals surface area contributed by atoms with Gasteiger partial charge in [0.1, 0.15) is 26.4 Å². The summed E-state index contributed by atoms with van der Waals surface area (Å²) in [5, 5.41) is 0. The van der Waals surface area contributed by atoms with Gasteiger partial charge in [0.25, 0.3) is 0 Å². The van der Waals surface area contributed by atoms with Gasteiger partial charge < -0.3 is 18.9 Å². The lowest BCUT2D eigenvalue weighted by Crippen LogP contribution is -2.15. The highest BCUT2D eigenvalue weighted by atomic mass is 16.7. The molecule has 0 N–H and O–H groups in total. The second-order valence-electron chi connectivity index (χ2n) is 4.55. The third-order valence-electron chi connectivity index (χ3n) is 2.38. The Morgan fingerprint density at radius 3 is 1.42 bits per heavy atom. The summed E-state index contributed by atoms with van der Waals surface area (Å²) in [7, 11) is 0. The minimum absolute atomic E-state index is 0.0705. The van der Waals surface area contributed by atoms with E-state index in [0.29, 0.717) is 0 Å². The number of hydrogen-bond donors (Lipinski definition) is 0. The van der Waals surface area contributed by atoms with E-state index in [9.17, 15) is 9.59 Å². The number of hydrogen-bond acceptors (Lipinski definition) is 6. The highest BCUT2D eigenvalue weighted by molar-refractivity contribution is 5.60. The molecule has 24 heavy (non-hydrogen) atoms. The first-order valence-electron chi connectivity index (χ1n) is 7.33. The number of carbonyl (C=O) groups excluding carboxylic acids is 2. The molecular formula is C18H24O6. The molecule has 0 radical (unpaired) electrons. The molecule has 1 aromatic carbocycles.